The summed E-state index contributed by atoms with van der Waals surface area (Å²) in [6.45, 7) is 13.3. The Balaban J connectivity index is 1.14. The maximum absolute atomic E-state index is 12.4. The van der Waals surface area contributed by atoms with Crippen LogP contribution in [0.3, 0.4) is 0 Å². The molecule has 4 saturated carbocycles. The molecule has 0 bridgehead atoms. The van der Waals surface area contributed by atoms with Crippen molar-refractivity contribution in [2.75, 3.05) is 46.4 Å². The molecule has 4 aliphatic rings. The molecule has 0 radical (unpaired) electrons. The molecule has 0 aliphatic heterocycles. The maximum Gasteiger partial charge on any atom is 0.328 e. The lowest BCUT2D eigenvalue weighted by atomic mass is 9.44. The number of carbonyl (C=O) groups is 2. The van der Waals surface area contributed by atoms with Gasteiger partial charge in [-0.05, 0) is 183 Å². The van der Waals surface area contributed by atoms with Crippen LogP contribution in [0.1, 0.15) is 124 Å². The van der Waals surface area contributed by atoms with Gasteiger partial charge < -0.3 is 31.7 Å². The summed E-state index contributed by atoms with van der Waals surface area (Å²) in [5, 5.41) is 13.9. The molecule has 9 unspecified atom stereocenters. The van der Waals surface area contributed by atoms with Gasteiger partial charge in [0, 0.05) is 12.5 Å². The van der Waals surface area contributed by atoms with E-state index in [1.807, 2.05) is 0 Å². The van der Waals surface area contributed by atoms with Crippen molar-refractivity contribution in [1.82, 2.24) is 21.3 Å². The Hall–Kier alpha value is -1.22. The van der Waals surface area contributed by atoms with Gasteiger partial charge in [0.25, 0.3) is 0 Å². The zero-order valence-electron chi connectivity index (χ0n) is 29.4. The number of hydrogen-bond acceptors (Lipinski definition) is 7. The van der Waals surface area contributed by atoms with Gasteiger partial charge in [0.15, 0.2) is 0 Å². The average Bonchev–Trinajstić information content (AvgIpc) is 3.37. The van der Waals surface area contributed by atoms with Crippen LogP contribution in [0, 0.1) is 40.4 Å². The van der Waals surface area contributed by atoms with E-state index in [-0.39, 0.29) is 11.9 Å². The highest BCUT2D eigenvalue weighted by atomic mass is 16.5. The van der Waals surface area contributed by atoms with E-state index in [0.29, 0.717) is 23.3 Å². The number of nitrogens with one attached hydrogen (secondary N) is 4. The number of unbranched alkanes of at least 4 members (excludes halogenated alkanes) is 1. The SMILES string of the molecule is COC(=O)C(C)NC(=O)CCCC1CCC2C3CCC4CC(NCCCNCCCCNCCCN)CCC4(C)C3CCC12C. The van der Waals surface area contributed by atoms with E-state index in [9.17, 15) is 9.59 Å². The molecule has 0 saturated heterocycles. The molecule has 0 aromatic carbocycles. The fourth-order valence-electron chi connectivity index (χ4n) is 10.6. The Morgan fingerprint density at radius 2 is 1.51 bits per heavy atom. The van der Waals surface area contributed by atoms with Gasteiger partial charge in [-0.25, -0.2) is 4.79 Å². The molecule has 1 amide bonds. The second-order valence-electron chi connectivity index (χ2n) is 15.8. The number of methoxy groups -OCH3 is 1. The molecule has 0 aromatic heterocycles. The number of esters is 1. The molecule has 6 N–H and O–H groups in total. The van der Waals surface area contributed by atoms with Crippen molar-refractivity contribution < 1.29 is 14.3 Å². The zero-order valence-corrected chi connectivity index (χ0v) is 29.4. The van der Waals surface area contributed by atoms with Crippen molar-refractivity contribution in [2.24, 2.45) is 46.2 Å². The summed E-state index contributed by atoms with van der Waals surface area (Å²) in [5.74, 6) is 3.87. The summed E-state index contributed by atoms with van der Waals surface area (Å²) in [7, 11) is 1.36. The van der Waals surface area contributed by atoms with E-state index in [4.69, 9.17) is 10.5 Å². The minimum Gasteiger partial charge on any atom is -0.467 e. The minimum atomic E-state index is -0.573. The van der Waals surface area contributed by atoms with Crippen LogP contribution in [0.25, 0.3) is 0 Å². The van der Waals surface area contributed by atoms with Gasteiger partial charge in [0.05, 0.1) is 7.11 Å². The molecular formula is C37H69N5O3. The van der Waals surface area contributed by atoms with Gasteiger partial charge in [-0.1, -0.05) is 13.8 Å². The molecule has 260 valence electrons. The third kappa shape index (κ3) is 9.45. The third-order valence-corrected chi connectivity index (χ3v) is 13.2. The lowest BCUT2D eigenvalue weighted by molar-refractivity contribution is -0.144. The van der Waals surface area contributed by atoms with Crippen molar-refractivity contribution in [2.45, 2.75) is 136 Å². The smallest absolute Gasteiger partial charge is 0.328 e. The quantitative estimate of drug-likeness (QED) is 0.0989. The van der Waals surface area contributed by atoms with Crippen LogP contribution in [0.2, 0.25) is 0 Å². The Kier molecular flexibility index (Phi) is 14.5. The monoisotopic (exact) mass is 632 g/mol. The number of nitrogens with two attached hydrogens (primary N) is 1. The highest BCUT2D eigenvalue weighted by Crippen LogP contribution is 2.67. The number of ether oxygens (including phenoxy) is 1. The van der Waals surface area contributed by atoms with Crippen LogP contribution >= 0.6 is 0 Å². The van der Waals surface area contributed by atoms with Gasteiger partial charge in [0.2, 0.25) is 5.91 Å². The van der Waals surface area contributed by atoms with E-state index in [0.717, 1.165) is 88.1 Å². The second kappa shape index (κ2) is 17.8. The van der Waals surface area contributed by atoms with Crippen LogP contribution in [0.15, 0.2) is 0 Å². The summed E-state index contributed by atoms with van der Waals surface area (Å²) in [6.07, 6.45) is 19.8. The average molecular weight is 632 g/mol. The lowest BCUT2D eigenvalue weighted by Gasteiger charge is -2.61. The molecule has 4 rings (SSSR count). The number of rotatable bonds is 19. The highest BCUT2D eigenvalue weighted by molar-refractivity contribution is 5.83. The first-order chi connectivity index (χ1) is 21.7. The molecule has 4 fully saturated rings. The largest absolute Gasteiger partial charge is 0.467 e. The van der Waals surface area contributed by atoms with Crippen LogP contribution in [-0.2, 0) is 14.3 Å². The molecule has 45 heavy (non-hydrogen) atoms. The first-order valence-electron chi connectivity index (χ1n) is 18.9. The Labute approximate surface area is 275 Å². The minimum absolute atomic E-state index is 0.0295. The summed E-state index contributed by atoms with van der Waals surface area (Å²) in [4.78, 5) is 24.1. The molecule has 8 heteroatoms. The molecule has 8 nitrogen and oxygen atoms in total. The van der Waals surface area contributed by atoms with Gasteiger partial charge in [-0.15, -0.1) is 0 Å². The Morgan fingerprint density at radius 1 is 0.822 bits per heavy atom. The number of hydrogen-bond donors (Lipinski definition) is 5. The predicted octanol–water partition coefficient (Wildman–Crippen LogP) is 5.15. The van der Waals surface area contributed by atoms with Crippen molar-refractivity contribution in [3.05, 3.63) is 0 Å². The topological polar surface area (TPSA) is 118 Å². The molecular weight excluding hydrogens is 562 g/mol. The maximum atomic E-state index is 12.4. The summed E-state index contributed by atoms with van der Waals surface area (Å²) in [5.41, 5.74) is 6.50. The zero-order chi connectivity index (χ0) is 32.3. The fraction of sp³-hybridized carbons (Fsp3) is 0.946. The number of amides is 1. The van der Waals surface area contributed by atoms with Crippen molar-refractivity contribution >= 4 is 11.9 Å². The molecule has 4 aliphatic carbocycles. The second-order valence-corrected chi connectivity index (χ2v) is 15.8. The third-order valence-electron chi connectivity index (χ3n) is 13.2. The highest BCUT2D eigenvalue weighted by Gasteiger charge is 2.59. The Bertz CT molecular complexity index is 918. The molecule has 0 aromatic rings. The fourth-order valence-corrected chi connectivity index (χ4v) is 10.6. The van der Waals surface area contributed by atoms with E-state index in [2.05, 4.69) is 35.1 Å². The van der Waals surface area contributed by atoms with Crippen molar-refractivity contribution in [1.29, 1.82) is 0 Å². The predicted molar refractivity (Wildman–Crippen MR) is 184 cm³/mol. The normalized spacial score (nSPS) is 34.8. The first-order valence-corrected chi connectivity index (χ1v) is 18.9. The standard InChI is InChI=1S/C37H69N5O3/c1-27(35(44)45-4)42-34(43)11-7-10-28-13-15-32-31-14-12-29-26-30(16-18-37(29,3)33(31)17-19-36(28,32)2)41-25-9-24-40-22-6-5-21-39-23-8-20-38/h27-33,39-41H,5-26,38H2,1-4H3,(H,42,43). The van der Waals surface area contributed by atoms with Gasteiger partial charge in [0.1, 0.15) is 6.04 Å². The summed E-state index contributed by atoms with van der Waals surface area (Å²) >= 11 is 0. The van der Waals surface area contributed by atoms with E-state index >= 15 is 0 Å². The van der Waals surface area contributed by atoms with Crippen LogP contribution in [-0.4, -0.2) is 70.3 Å². The van der Waals surface area contributed by atoms with Gasteiger partial charge in [-0.3, -0.25) is 4.79 Å². The molecule has 0 spiro atoms. The first kappa shape index (κ1) is 36.6. The van der Waals surface area contributed by atoms with Crippen molar-refractivity contribution in [3.63, 3.8) is 0 Å². The van der Waals surface area contributed by atoms with Crippen molar-refractivity contribution in [3.8, 4) is 0 Å². The van der Waals surface area contributed by atoms with E-state index in [1.54, 1.807) is 6.92 Å². The number of carbonyl (C=O) groups excluding carboxylic acids is 2. The Morgan fingerprint density at radius 3 is 2.24 bits per heavy atom. The summed E-state index contributed by atoms with van der Waals surface area (Å²) in [6, 6.07) is 0.132. The van der Waals surface area contributed by atoms with Crippen LogP contribution in [0.4, 0.5) is 0 Å². The summed E-state index contributed by atoms with van der Waals surface area (Å²) < 4.78 is 4.74. The van der Waals surface area contributed by atoms with E-state index < -0.39 is 6.04 Å². The van der Waals surface area contributed by atoms with E-state index in [1.165, 1.54) is 84.2 Å². The lowest BCUT2D eigenvalue weighted by Crippen LogP contribution is -2.55. The van der Waals surface area contributed by atoms with Gasteiger partial charge >= 0.3 is 5.97 Å². The number of fused-ring (bicyclic) bond motifs is 5. The molecule has 0 heterocycles. The molecule has 9 atom stereocenters. The van der Waals surface area contributed by atoms with Crippen LogP contribution < -0.4 is 27.0 Å². The van der Waals surface area contributed by atoms with Crippen LogP contribution in [0.5, 0.6) is 0 Å². The van der Waals surface area contributed by atoms with Gasteiger partial charge in [-0.2, -0.15) is 0 Å².